The molecule has 0 spiro atoms. The zero-order valence-corrected chi connectivity index (χ0v) is 15.8. The number of hydrogen-bond acceptors (Lipinski definition) is 5. The van der Waals surface area contributed by atoms with Crippen LogP contribution in [-0.4, -0.2) is 40.2 Å². The van der Waals surface area contributed by atoms with Crippen LogP contribution in [0.15, 0.2) is 35.0 Å². The van der Waals surface area contributed by atoms with E-state index in [9.17, 15) is 4.79 Å². The van der Waals surface area contributed by atoms with E-state index in [-0.39, 0.29) is 5.78 Å². The van der Waals surface area contributed by atoms with Crippen molar-refractivity contribution in [2.24, 2.45) is 0 Å². The quantitative estimate of drug-likeness (QED) is 0.552. The molecular weight excluding hydrogens is 344 g/mol. The highest BCUT2D eigenvalue weighted by atomic mass is 32.1. The summed E-state index contributed by atoms with van der Waals surface area (Å²) in [5, 5.41) is 9.45. The van der Waals surface area contributed by atoms with Crippen molar-refractivity contribution in [1.82, 2.24) is 14.8 Å². The molecule has 4 rings (SSSR count). The first kappa shape index (κ1) is 17.2. The molecule has 2 N–H and O–H groups in total. The van der Waals surface area contributed by atoms with Gasteiger partial charge in [0.15, 0.2) is 5.78 Å². The number of piperidine rings is 1. The smallest absolute Gasteiger partial charge is 0.193 e. The van der Waals surface area contributed by atoms with Gasteiger partial charge in [-0.3, -0.25) is 4.79 Å². The van der Waals surface area contributed by atoms with E-state index in [1.807, 2.05) is 35.0 Å². The molecular formula is C20H24N4OS. The highest BCUT2D eigenvalue weighted by Gasteiger charge is 2.25. The number of fused-ring (bicyclic) bond motifs is 1. The molecule has 136 valence electrons. The van der Waals surface area contributed by atoms with Gasteiger partial charge in [-0.05, 0) is 68.5 Å². The van der Waals surface area contributed by atoms with Crippen molar-refractivity contribution in [2.75, 3.05) is 25.5 Å². The third kappa shape index (κ3) is 3.15. The summed E-state index contributed by atoms with van der Waals surface area (Å²) in [5.41, 5.74) is 3.37. The van der Waals surface area contributed by atoms with Crippen LogP contribution in [0.1, 0.15) is 53.7 Å². The number of thiophene rings is 1. The predicted octanol–water partition coefficient (Wildman–Crippen LogP) is 3.63. The predicted molar refractivity (Wildman–Crippen MR) is 106 cm³/mol. The second kappa shape index (κ2) is 7.21. The minimum Gasteiger partial charge on any atom is -0.323 e. The molecule has 0 amide bonds. The first-order valence-electron chi connectivity index (χ1n) is 9.24. The lowest BCUT2D eigenvalue weighted by Crippen LogP contribution is -2.33. The van der Waals surface area contributed by atoms with Gasteiger partial charge in [-0.25, -0.2) is 0 Å². The monoisotopic (exact) mass is 368 g/mol. The van der Waals surface area contributed by atoms with Crippen molar-refractivity contribution in [3.8, 4) is 0 Å². The fourth-order valence-electron chi connectivity index (χ4n) is 3.91. The van der Waals surface area contributed by atoms with Gasteiger partial charge in [0, 0.05) is 27.8 Å². The number of nitrogens with two attached hydrogens (primary N) is 1. The fraction of sp³-hybridized carbons (Fsp3) is 0.400. The van der Waals surface area contributed by atoms with Gasteiger partial charge in [-0.15, -0.1) is 0 Å². The first-order valence-corrected chi connectivity index (χ1v) is 10.2. The van der Waals surface area contributed by atoms with Crippen molar-refractivity contribution < 1.29 is 4.79 Å². The molecule has 2 aromatic heterocycles. The van der Waals surface area contributed by atoms with Crippen LogP contribution in [0.25, 0.3) is 10.9 Å². The Labute approximate surface area is 157 Å². The van der Waals surface area contributed by atoms with E-state index in [4.69, 9.17) is 5.84 Å². The molecule has 3 aromatic rings. The normalized spacial score (nSPS) is 16.3. The standard InChI is InChI=1S/C20H24N4OS/c1-2-8-23-9-5-14(6-10-23)19-17-12-15(3-4-18(17)24(21)22-19)20(25)16-7-11-26-13-16/h3-4,7,11-14H,2,5-6,8-10,21H2,1H3. The van der Waals surface area contributed by atoms with E-state index in [0.717, 1.165) is 54.6 Å². The Morgan fingerprint density at radius 3 is 2.77 bits per heavy atom. The molecule has 0 unspecified atom stereocenters. The Morgan fingerprint density at radius 2 is 2.08 bits per heavy atom. The highest BCUT2D eigenvalue weighted by molar-refractivity contribution is 7.08. The average molecular weight is 369 g/mol. The van der Waals surface area contributed by atoms with Crippen molar-refractivity contribution in [3.63, 3.8) is 0 Å². The van der Waals surface area contributed by atoms with Crippen LogP contribution in [0.4, 0.5) is 0 Å². The Balaban J connectivity index is 1.65. The third-order valence-electron chi connectivity index (χ3n) is 5.29. The summed E-state index contributed by atoms with van der Waals surface area (Å²) in [5.74, 6) is 6.55. The molecule has 0 saturated carbocycles. The van der Waals surface area contributed by atoms with Crippen LogP contribution < -0.4 is 5.84 Å². The molecule has 5 nitrogen and oxygen atoms in total. The summed E-state index contributed by atoms with van der Waals surface area (Å²) in [6.45, 7) is 5.59. The average Bonchev–Trinajstić information content (AvgIpc) is 3.30. The largest absolute Gasteiger partial charge is 0.323 e. The SMILES string of the molecule is CCCN1CCC(c2nn(N)c3ccc(C(=O)c4ccsc4)cc23)CC1. The fourth-order valence-corrected chi connectivity index (χ4v) is 4.55. The van der Waals surface area contributed by atoms with Gasteiger partial charge >= 0.3 is 0 Å². The summed E-state index contributed by atoms with van der Waals surface area (Å²) in [7, 11) is 0. The van der Waals surface area contributed by atoms with E-state index in [0.29, 0.717) is 11.5 Å². The van der Waals surface area contributed by atoms with Gasteiger partial charge in [0.2, 0.25) is 0 Å². The van der Waals surface area contributed by atoms with Crippen molar-refractivity contribution in [3.05, 3.63) is 51.8 Å². The topological polar surface area (TPSA) is 64.2 Å². The first-order chi connectivity index (χ1) is 12.7. The molecule has 1 aromatic carbocycles. The third-order valence-corrected chi connectivity index (χ3v) is 5.98. The van der Waals surface area contributed by atoms with Crippen molar-refractivity contribution in [2.45, 2.75) is 32.1 Å². The molecule has 0 bridgehead atoms. The Bertz CT molecular complexity index is 907. The number of nitrogen functional groups attached to an aromatic ring is 1. The summed E-state index contributed by atoms with van der Waals surface area (Å²) < 4.78 is 0. The summed E-state index contributed by atoms with van der Waals surface area (Å²) in [4.78, 5) is 16.7. The number of hydrogen-bond donors (Lipinski definition) is 1. The summed E-state index contributed by atoms with van der Waals surface area (Å²) in [6, 6.07) is 7.60. The zero-order chi connectivity index (χ0) is 18.1. The zero-order valence-electron chi connectivity index (χ0n) is 15.0. The van der Waals surface area contributed by atoms with E-state index in [1.165, 1.54) is 22.5 Å². The number of aromatic nitrogens is 2. The van der Waals surface area contributed by atoms with Gasteiger partial charge in [0.05, 0.1) is 11.2 Å². The van der Waals surface area contributed by atoms with Crippen molar-refractivity contribution in [1.29, 1.82) is 0 Å². The minimum absolute atomic E-state index is 0.0571. The number of ketones is 1. The molecule has 1 aliphatic rings. The number of likely N-dealkylation sites (tertiary alicyclic amines) is 1. The lowest BCUT2D eigenvalue weighted by Gasteiger charge is -2.31. The van der Waals surface area contributed by atoms with E-state index < -0.39 is 0 Å². The van der Waals surface area contributed by atoms with Gasteiger partial charge < -0.3 is 10.7 Å². The van der Waals surface area contributed by atoms with E-state index in [2.05, 4.69) is 16.9 Å². The minimum atomic E-state index is 0.0571. The number of carbonyl (C=O) groups excluding carboxylic acids is 1. The Hall–Kier alpha value is -2.18. The molecule has 1 saturated heterocycles. The van der Waals surface area contributed by atoms with Crippen LogP contribution in [0.2, 0.25) is 0 Å². The lowest BCUT2D eigenvalue weighted by molar-refractivity contribution is 0.103. The molecule has 1 aliphatic heterocycles. The van der Waals surface area contributed by atoms with Crippen LogP contribution in [-0.2, 0) is 0 Å². The maximum Gasteiger partial charge on any atom is 0.193 e. The second-order valence-electron chi connectivity index (χ2n) is 7.02. The molecule has 3 heterocycles. The lowest BCUT2D eigenvalue weighted by atomic mass is 9.91. The van der Waals surface area contributed by atoms with Gasteiger partial charge in [0.1, 0.15) is 0 Å². The Kier molecular flexibility index (Phi) is 4.78. The summed E-state index contributed by atoms with van der Waals surface area (Å²) in [6.07, 6.45) is 3.38. The van der Waals surface area contributed by atoms with Crippen LogP contribution in [0, 0.1) is 0 Å². The van der Waals surface area contributed by atoms with Crippen LogP contribution in [0.3, 0.4) is 0 Å². The molecule has 6 heteroatoms. The number of nitrogens with zero attached hydrogens (tertiary/aromatic N) is 3. The van der Waals surface area contributed by atoms with Crippen LogP contribution >= 0.6 is 11.3 Å². The molecule has 0 aliphatic carbocycles. The van der Waals surface area contributed by atoms with Gasteiger partial charge in [0.25, 0.3) is 0 Å². The number of carbonyl (C=O) groups is 1. The number of rotatable bonds is 5. The van der Waals surface area contributed by atoms with Crippen LogP contribution in [0.5, 0.6) is 0 Å². The molecule has 1 fully saturated rings. The number of benzene rings is 1. The maximum absolute atomic E-state index is 12.7. The molecule has 26 heavy (non-hydrogen) atoms. The van der Waals surface area contributed by atoms with Crippen molar-refractivity contribution >= 4 is 28.0 Å². The van der Waals surface area contributed by atoms with E-state index >= 15 is 0 Å². The second-order valence-corrected chi connectivity index (χ2v) is 7.80. The highest BCUT2D eigenvalue weighted by Crippen LogP contribution is 2.33. The molecule has 0 atom stereocenters. The Morgan fingerprint density at radius 1 is 1.27 bits per heavy atom. The molecule has 0 radical (unpaired) electrons. The van der Waals surface area contributed by atoms with E-state index in [1.54, 1.807) is 0 Å². The summed E-state index contributed by atoms with van der Waals surface area (Å²) >= 11 is 1.54. The van der Waals surface area contributed by atoms with Gasteiger partial charge in [-0.2, -0.15) is 21.2 Å². The van der Waals surface area contributed by atoms with Gasteiger partial charge in [-0.1, -0.05) is 6.92 Å². The maximum atomic E-state index is 12.7.